The van der Waals surface area contributed by atoms with E-state index in [2.05, 4.69) is 4.90 Å². The van der Waals surface area contributed by atoms with Crippen LogP contribution in [0.1, 0.15) is 30.4 Å². The van der Waals surface area contributed by atoms with Gasteiger partial charge in [-0.3, -0.25) is 4.90 Å². The van der Waals surface area contributed by atoms with Gasteiger partial charge in [0.1, 0.15) is 17.7 Å². The lowest BCUT2D eigenvalue weighted by molar-refractivity contribution is 0.193. The summed E-state index contributed by atoms with van der Waals surface area (Å²) in [5.41, 5.74) is 7.63. The number of nitrogens with two attached hydrogens (primary N) is 1. The number of nitriles is 1. The molecule has 1 aliphatic heterocycles. The Morgan fingerprint density at radius 2 is 2.08 bits per heavy atom. The summed E-state index contributed by atoms with van der Waals surface area (Å²) in [6.07, 6.45) is 2.97. The molecule has 0 amide bonds. The van der Waals surface area contributed by atoms with Crippen molar-refractivity contribution in [3.63, 3.8) is 0 Å². The fourth-order valence-corrected chi connectivity index (χ4v) is 4.57. The quantitative estimate of drug-likeness (QED) is 0.876. The SMILES string of the molecule is N#Cc1ccc(-c2ccc(F)c(CN3C[C@]4(N)CC[C@H]3C4)c2Cl)cc1F. The first kappa shape index (κ1) is 17.4. The third kappa shape index (κ3) is 2.88. The van der Waals surface area contributed by atoms with Gasteiger partial charge < -0.3 is 5.73 Å². The van der Waals surface area contributed by atoms with Crippen molar-refractivity contribution in [2.24, 2.45) is 5.73 Å². The molecule has 2 aromatic rings. The first-order valence-corrected chi connectivity index (χ1v) is 8.98. The summed E-state index contributed by atoms with van der Waals surface area (Å²) in [4.78, 5) is 2.19. The Balaban J connectivity index is 1.68. The smallest absolute Gasteiger partial charge is 0.141 e. The minimum Gasteiger partial charge on any atom is -0.324 e. The van der Waals surface area contributed by atoms with Gasteiger partial charge >= 0.3 is 0 Å². The molecule has 1 aliphatic carbocycles. The van der Waals surface area contributed by atoms with Crippen molar-refractivity contribution in [1.82, 2.24) is 4.90 Å². The van der Waals surface area contributed by atoms with Crippen LogP contribution >= 0.6 is 11.6 Å². The third-order valence-electron chi connectivity index (χ3n) is 5.60. The van der Waals surface area contributed by atoms with E-state index in [-0.39, 0.29) is 21.9 Å². The van der Waals surface area contributed by atoms with Gasteiger partial charge in [0.15, 0.2) is 0 Å². The van der Waals surface area contributed by atoms with E-state index in [9.17, 15) is 8.78 Å². The Hall–Kier alpha value is -2.00. The number of hydrogen-bond acceptors (Lipinski definition) is 3. The number of likely N-dealkylation sites (tertiary alicyclic amines) is 1. The molecule has 2 fully saturated rings. The van der Waals surface area contributed by atoms with Gasteiger partial charge in [-0.15, -0.1) is 0 Å². The summed E-state index contributed by atoms with van der Waals surface area (Å²) in [7, 11) is 0. The Kier molecular flexibility index (Phi) is 4.23. The van der Waals surface area contributed by atoms with Gasteiger partial charge in [0.05, 0.1) is 10.6 Å². The van der Waals surface area contributed by atoms with Crippen LogP contribution < -0.4 is 5.73 Å². The number of benzene rings is 2. The second-order valence-electron chi connectivity index (χ2n) is 7.36. The van der Waals surface area contributed by atoms with Crippen LogP contribution in [0.5, 0.6) is 0 Å². The molecular formula is C20H18ClF2N3. The van der Waals surface area contributed by atoms with E-state index >= 15 is 0 Å². The maximum atomic E-state index is 14.5. The molecule has 6 heteroatoms. The van der Waals surface area contributed by atoms with Crippen molar-refractivity contribution in [2.75, 3.05) is 6.54 Å². The van der Waals surface area contributed by atoms with Crippen LogP contribution in [0.15, 0.2) is 30.3 Å². The molecular weight excluding hydrogens is 356 g/mol. The van der Waals surface area contributed by atoms with Crippen LogP contribution in [0, 0.1) is 23.0 Å². The van der Waals surface area contributed by atoms with E-state index in [0.717, 1.165) is 25.8 Å². The van der Waals surface area contributed by atoms with Gasteiger partial charge in [0.25, 0.3) is 0 Å². The van der Waals surface area contributed by atoms with Crippen LogP contribution in [0.4, 0.5) is 8.78 Å². The monoisotopic (exact) mass is 373 g/mol. The van der Waals surface area contributed by atoms with Gasteiger partial charge in [0.2, 0.25) is 0 Å². The van der Waals surface area contributed by atoms with Crippen molar-refractivity contribution in [3.05, 3.63) is 58.1 Å². The summed E-state index contributed by atoms with van der Waals surface area (Å²) in [6, 6.07) is 9.35. The zero-order valence-corrected chi connectivity index (χ0v) is 14.9. The summed E-state index contributed by atoms with van der Waals surface area (Å²) in [5, 5.41) is 9.15. The van der Waals surface area contributed by atoms with E-state index < -0.39 is 5.82 Å². The molecule has 2 N–H and O–H groups in total. The lowest BCUT2D eigenvalue weighted by atomic mass is 9.99. The van der Waals surface area contributed by atoms with Gasteiger partial charge in [-0.1, -0.05) is 17.7 Å². The number of halogens is 3. The van der Waals surface area contributed by atoms with Crippen molar-refractivity contribution in [1.29, 1.82) is 5.26 Å². The van der Waals surface area contributed by atoms with Gasteiger partial charge in [-0.25, -0.2) is 8.78 Å². The molecule has 26 heavy (non-hydrogen) atoms. The number of fused-ring (bicyclic) bond motifs is 2. The largest absolute Gasteiger partial charge is 0.324 e. The highest BCUT2D eigenvalue weighted by atomic mass is 35.5. The van der Waals surface area contributed by atoms with Crippen LogP contribution in [-0.4, -0.2) is 23.0 Å². The molecule has 1 heterocycles. The lowest BCUT2D eigenvalue weighted by Gasteiger charge is -2.30. The zero-order valence-electron chi connectivity index (χ0n) is 14.1. The highest BCUT2D eigenvalue weighted by Crippen LogP contribution is 2.41. The van der Waals surface area contributed by atoms with Crippen LogP contribution in [-0.2, 0) is 6.54 Å². The molecule has 2 aliphatic rings. The predicted molar refractivity (Wildman–Crippen MR) is 96.5 cm³/mol. The molecule has 0 radical (unpaired) electrons. The first-order chi connectivity index (χ1) is 12.4. The molecule has 0 aromatic heterocycles. The van der Waals surface area contributed by atoms with Crippen molar-refractivity contribution < 1.29 is 8.78 Å². The molecule has 4 rings (SSSR count). The number of piperidine rings is 1. The Morgan fingerprint density at radius 1 is 1.27 bits per heavy atom. The zero-order chi connectivity index (χ0) is 18.5. The molecule has 1 saturated carbocycles. The van der Waals surface area contributed by atoms with Crippen molar-refractivity contribution >= 4 is 11.6 Å². The lowest BCUT2D eigenvalue weighted by Crippen LogP contribution is -2.44. The third-order valence-corrected chi connectivity index (χ3v) is 6.03. The molecule has 2 bridgehead atoms. The van der Waals surface area contributed by atoms with E-state index in [1.807, 2.05) is 0 Å². The van der Waals surface area contributed by atoms with Crippen LogP contribution in [0.2, 0.25) is 5.02 Å². The van der Waals surface area contributed by atoms with Crippen LogP contribution in [0.3, 0.4) is 0 Å². The molecule has 0 unspecified atom stereocenters. The molecule has 3 nitrogen and oxygen atoms in total. The standard InChI is InChI=1S/C20H18ClF2N3/c21-19-15(12-1-2-13(9-24)18(23)7-12)3-4-17(22)16(19)10-26-11-20(25)6-5-14(26)8-20/h1-4,7,14H,5-6,8,10-11,25H2/t14-,20-/m0/s1. The normalized spacial score (nSPS) is 24.8. The summed E-state index contributed by atoms with van der Waals surface area (Å²) in [6.45, 7) is 1.13. The predicted octanol–water partition coefficient (Wildman–Crippen LogP) is 4.22. The second kappa shape index (κ2) is 6.31. The molecule has 0 spiro atoms. The Labute approximate surface area is 156 Å². The van der Waals surface area contributed by atoms with Crippen LogP contribution in [0.25, 0.3) is 11.1 Å². The number of rotatable bonds is 3. The first-order valence-electron chi connectivity index (χ1n) is 8.60. The second-order valence-corrected chi connectivity index (χ2v) is 7.74. The average molecular weight is 374 g/mol. The van der Waals surface area contributed by atoms with Gasteiger partial charge in [0, 0.05) is 35.8 Å². The summed E-state index contributed by atoms with van der Waals surface area (Å²) >= 11 is 6.50. The van der Waals surface area contributed by atoms with Crippen molar-refractivity contribution in [2.45, 2.75) is 37.4 Å². The maximum Gasteiger partial charge on any atom is 0.141 e. The van der Waals surface area contributed by atoms with E-state index in [1.165, 1.54) is 18.2 Å². The summed E-state index contributed by atoms with van der Waals surface area (Å²) < 4.78 is 28.4. The minimum absolute atomic E-state index is 0.0338. The Morgan fingerprint density at radius 3 is 2.69 bits per heavy atom. The molecule has 2 atom stereocenters. The van der Waals surface area contributed by atoms with Gasteiger partial charge in [-0.05, 0) is 49.1 Å². The highest BCUT2D eigenvalue weighted by Gasteiger charge is 2.46. The number of hydrogen-bond donors (Lipinski definition) is 1. The van der Waals surface area contributed by atoms with E-state index in [4.69, 9.17) is 22.6 Å². The maximum absolute atomic E-state index is 14.5. The topological polar surface area (TPSA) is 53.0 Å². The Bertz CT molecular complexity index is 924. The number of nitrogens with zero attached hydrogens (tertiary/aromatic N) is 2. The molecule has 134 valence electrons. The fraction of sp³-hybridized carbons (Fsp3) is 0.350. The van der Waals surface area contributed by atoms with E-state index in [1.54, 1.807) is 18.2 Å². The molecule has 2 aromatic carbocycles. The average Bonchev–Trinajstić information content (AvgIpc) is 3.14. The van der Waals surface area contributed by atoms with Gasteiger partial charge in [-0.2, -0.15) is 5.26 Å². The minimum atomic E-state index is -0.617. The van der Waals surface area contributed by atoms with Crippen molar-refractivity contribution in [3.8, 4) is 17.2 Å². The van der Waals surface area contributed by atoms with E-state index in [0.29, 0.717) is 29.3 Å². The molecule has 1 saturated heterocycles. The summed E-state index contributed by atoms with van der Waals surface area (Å²) in [5.74, 6) is -0.990. The fourth-order valence-electron chi connectivity index (χ4n) is 4.24. The highest BCUT2D eigenvalue weighted by molar-refractivity contribution is 6.34.